The number of halogens is 3. The fraction of sp³-hybridized carbons (Fsp3) is 0.136. The van der Waals surface area contributed by atoms with E-state index in [-0.39, 0.29) is 12.5 Å². The average molecular weight is 442 g/mol. The molecule has 1 N–H and O–H groups in total. The lowest BCUT2D eigenvalue weighted by Gasteiger charge is -2.06. The van der Waals surface area contributed by atoms with E-state index in [0.717, 1.165) is 23.6 Å². The molecule has 0 saturated carbocycles. The van der Waals surface area contributed by atoms with Crippen LogP contribution in [0.2, 0.25) is 0 Å². The number of nitrogens with one attached hydrogen (secondary N) is 1. The summed E-state index contributed by atoms with van der Waals surface area (Å²) in [5, 5.41) is 8.11. The molecule has 4 aromatic rings. The van der Waals surface area contributed by atoms with Gasteiger partial charge in [0.25, 0.3) is 5.91 Å². The summed E-state index contributed by atoms with van der Waals surface area (Å²) in [6, 6.07) is 14.1. The Morgan fingerprint density at radius 3 is 2.39 bits per heavy atom. The maximum Gasteiger partial charge on any atom is 0.435 e. The lowest BCUT2D eigenvalue weighted by Crippen LogP contribution is -2.10. The zero-order valence-corrected chi connectivity index (χ0v) is 17.0. The number of aromatic nitrogens is 3. The second kappa shape index (κ2) is 8.73. The van der Waals surface area contributed by atoms with Gasteiger partial charge in [-0.05, 0) is 64.9 Å². The van der Waals surface area contributed by atoms with Crippen LogP contribution in [0.5, 0.6) is 0 Å². The number of amides is 1. The molecule has 1 aromatic carbocycles. The predicted molar refractivity (Wildman–Crippen MR) is 112 cm³/mol. The molecule has 3 heterocycles. The van der Waals surface area contributed by atoms with Crippen molar-refractivity contribution in [1.82, 2.24) is 14.8 Å². The molecule has 0 spiro atoms. The topological polar surface area (TPSA) is 59.8 Å². The molecule has 5 nitrogen and oxygen atoms in total. The van der Waals surface area contributed by atoms with Gasteiger partial charge < -0.3 is 5.32 Å². The van der Waals surface area contributed by atoms with E-state index in [4.69, 9.17) is 0 Å². The monoisotopic (exact) mass is 442 g/mol. The number of alkyl halides is 3. The summed E-state index contributed by atoms with van der Waals surface area (Å²) >= 11 is 1.23. The van der Waals surface area contributed by atoms with Gasteiger partial charge in [-0.15, -0.1) is 11.3 Å². The number of thiophene rings is 1. The highest BCUT2D eigenvalue weighted by atomic mass is 32.1. The van der Waals surface area contributed by atoms with E-state index in [9.17, 15) is 18.0 Å². The first kappa shape index (κ1) is 20.8. The van der Waals surface area contributed by atoms with E-state index in [1.165, 1.54) is 22.2 Å². The van der Waals surface area contributed by atoms with Crippen molar-refractivity contribution >= 4 is 22.9 Å². The molecule has 1 amide bonds. The molecular formula is C22H17F3N4OS. The van der Waals surface area contributed by atoms with Crippen molar-refractivity contribution < 1.29 is 18.0 Å². The molecule has 31 heavy (non-hydrogen) atoms. The molecule has 3 aromatic heterocycles. The van der Waals surface area contributed by atoms with Crippen LogP contribution in [0, 0.1) is 0 Å². The lowest BCUT2D eigenvalue weighted by molar-refractivity contribution is -0.141. The maximum absolute atomic E-state index is 12.7. The molecule has 4 rings (SSSR count). The molecule has 0 fully saturated rings. The minimum Gasteiger partial charge on any atom is -0.321 e. The fourth-order valence-electron chi connectivity index (χ4n) is 3.00. The highest BCUT2D eigenvalue weighted by Gasteiger charge is 2.33. The first-order valence-electron chi connectivity index (χ1n) is 9.34. The molecular weight excluding hydrogens is 425 g/mol. The molecule has 0 bridgehead atoms. The number of nitrogens with zero attached hydrogens (tertiary/aromatic N) is 3. The third-order valence-corrected chi connectivity index (χ3v) is 5.50. The van der Waals surface area contributed by atoms with E-state index in [2.05, 4.69) is 15.4 Å². The SMILES string of the molecule is O=C(Nc1ccc(Cc2ccncc2)cc1)c1cc(Cn2ccc(C(F)(F)F)n2)cs1. The normalized spacial score (nSPS) is 11.5. The van der Waals surface area contributed by atoms with E-state index in [0.29, 0.717) is 16.1 Å². The molecule has 158 valence electrons. The number of benzene rings is 1. The Labute approximate surface area is 180 Å². The van der Waals surface area contributed by atoms with Crippen LogP contribution < -0.4 is 5.32 Å². The van der Waals surface area contributed by atoms with Crippen LogP contribution in [0.1, 0.15) is 32.1 Å². The average Bonchev–Trinajstić information content (AvgIpc) is 3.40. The Morgan fingerprint density at radius 1 is 1.00 bits per heavy atom. The molecule has 0 radical (unpaired) electrons. The van der Waals surface area contributed by atoms with Crippen LogP contribution in [0.3, 0.4) is 0 Å². The predicted octanol–water partition coefficient (Wildman–Crippen LogP) is 5.25. The summed E-state index contributed by atoms with van der Waals surface area (Å²) in [7, 11) is 0. The smallest absolute Gasteiger partial charge is 0.321 e. The van der Waals surface area contributed by atoms with Crippen molar-refractivity contribution in [3.63, 3.8) is 0 Å². The van der Waals surface area contributed by atoms with Gasteiger partial charge in [0.2, 0.25) is 0 Å². The largest absolute Gasteiger partial charge is 0.435 e. The highest BCUT2D eigenvalue weighted by Crippen LogP contribution is 2.27. The standard InChI is InChI=1S/C22H17F3N4OS/c23-22(24,25)20-7-10-29(28-20)13-17-12-19(31-14-17)21(30)27-18-3-1-15(2-4-18)11-16-5-8-26-9-6-16/h1-10,12,14H,11,13H2,(H,27,30). The molecule has 0 aliphatic rings. The van der Waals surface area contributed by atoms with Gasteiger partial charge in [0.15, 0.2) is 5.69 Å². The summed E-state index contributed by atoms with van der Waals surface area (Å²) in [6.45, 7) is 0.156. The number of pyridine rings is 1. The number of hydrogen-bond acceptors (Lipinski definition) is 4. The van der Waals surface area contributed by atoms with Gasteiger partial charge in [0, 0.05) is 24.3 Å². The molecule has 0 aliphatic carbocycles. The van der Waals surface area contributed by atoms with Gasteiger partial charge >= 0.3 is 6.18 Å². The molecule has 9 heteroatoms. The van der Waals surface area contributed by atoms with Gasteiger partial charge in [-0.3, -0.25) is 14.5 Å². The van der Waals surface area contributed by atoms with Gasteiger partial charge in [-0.1, -0.05) is 12.1 Å². The van der Waals surface area contributed by atoms with Crippen LogP contribution in [-0.2, 0) is 19.1 Å². The zero-order valence-electron chi connectivity index (χ0n) is 16.1. The third kappa shape index (κ3) is 5.37. The first-order chi connectivity index (χ1) is 14.9. The minimum absolute atomic E-state index is 0.156. The molecule has 0 atom stereocenters. The zero-order chi connectivity index (χ0) is 21.8. The van der Waals surface area contributed by atoms with Crippen molar-refractivity contribution in [2.24, 2.45) is 0 Å². The van der Waals surface area contributed by atoms with Crippen LogP contribution >= 0.6 is 11.3 Å². The minimum atomic E-state index is -4.47. The van der Waals surface area contributed by atoms with Crippen LogP contribution in [-0.4, -0.2) is 20.7 Å². The van der Waals surface area contributed by atoms with E-state index >= 15 is 0 Å². The first-order valence-corrected chi connectivity index (χ1v) is 10.2. The van der Waals surface area contributed by atoms with Crippen molar-refractivity contribution in [3.8, 4) is 0 Å². The lowest BCUT2D eigenvalue weighted by atomic mass is 10.1. The highest BCUT2D eigenvalue weighted by molar-refractivity contribution is 7.12. The van der Waals surface area contributed by atoms with Gasteiger partial charge in [-0.2, -0.15) is 18.3 Å². The fourth-order valence-corrected chi connectivity index (χ4v) is 3.80. The number of carbonyl (C=O) groups excluding carboxylic acids is 1. The summed E-state index contributed by atoms with van der Waals surface area (Å²) in [5.74, 6) is -0.269. The van der Waals surface area contributed by atoms with E-state index in [1.807, 2.05) is 36.4 Å². The quantitative estimate of drug-likeness (QED) is 0.444. The summed E-state index contributed by atoms with van der Waals surface area (Å²) < 4.78 is 39.2. The summed E-state index contributed by atoms with van der Waals surface area (Å²) in [5.41, 5.74) is 2.70. The number of carbonyl (C=O) groups is 1. The van der Waals surface area contributed by atoms with Crippen LogP contribution in [0.15, 0.2) is 72.5 Å². The van der Waals surface area contributed by atoms with E-state index < -0.39 is 11.9 Å². The Kier molecular flexibility index (Phi) is 5.85. The Morgan fingerprint density at radius 2 is 1.71 bits per heavy atom. The number of anilines is 1. The Bertz CT molecular complexity index is 1170. The summed E-state index contributed by atoms with van der Waals surface area (Å²) in [6.07, 6.45) is 1.07. The molecule has 0 unspecified atom stereocenters. The Hall–Kier alpha value is -3.46. The van der Waals surface area contributed by atoms with Gasteiger partial charge in [0.05, 0.1) is 11.4 Å². The number of rotatable bonds is 6. The van der Waals surface area contributed by atoms with Crippen molar-refractivity contribution in [3.05, 3.63) is 99.8 Å². The van der Waals surface area contributed by atoms with Crippen LogP contribution in [0.25, 0.3) is 0 Å². The van der Waals surface area contributed by atoms with Gasteiger partial charge in [0.1, 0.15) is 0 Å². The third-order valence-electron chi connectivity index (χ3n) is 4.52. The summed E-state index contributed by atoms with van der Waals surface area (Å²) in [4.78, 5) is 17.0. The van der Waals surface area contributed by atoms with Gasteiger partial charge in [-0.25, -0.2) is 0 Å². The van der Waals surface area contributed by atoms with Crippen molar-refractivity contribution in [2.75, 3.05) is 5.32 Å². The van der Waals surface area contributed by atoms with Crippen LogP contribution in [0.4, 0.5) is 18.9 Å². The van der Waals surface area contributed by atoms with Crippen molar-refractivity contribution in [1.29, 1.82) is 0 Å². The van der Waals surface area contributed by atoms with Crippen molar-refractivity contribution in [2.45, 2.75) is 19.1 Å². The number of hydrogen-bond donors (Lipinski definition) is 1. The molecule has 0 aliphatic heterocycles. The Balaban J connectivity index is 1.36. The van der Waals surface area contributed by atoms with E-state index in [1.54, 1.807) is 23.8 Å². The maximum atomic E-state index is 12.7. The molecule has 0 saturated heterocycles. The second-order valence-corrected chi connectivity index (χ2v) is 7.81. The second-order valence-electron chi connectivity index (χ2n) is 6.90.